The second-order valence-corrected chi connectivity index (χ2v) is 3.48. The molecule has 10 heavy (non-hydrogen) atoms. The molecule has 0 bridgehead atoms. The number of halogens is 2. The lowest BCUT2D eigenvalue weighted by molar-refractivity contribution is 0.171. The normalized spacial score (nSPS) is 23.4. The summed E-state index contributed by atoms with van der Waals surface area (Å²) in [5, 5.41) is 0. The minimum atomic E-state index is 1.02. The Morgan fingerprint density at radius 2 is 1.10 bits per heavy atom. The summed E-state index contributed by atoms with van der Waals surface area (Å²) in [5.74, 6) is 0. The van der Waals surface area contributed by atoms with Gasteiger partial charge in [0.15, 0.2) is 0 Å². The van der Waals surface area contributed by atoms with Gasteiger partial charge >= 0.3 is 0 Å². The van der Waals surface area contributed by atoms with Crippen molar-refractivity contribution in [3.05, 3.63) is 0 Å². The van der Waals surface area contributed by atoms with Crippen LogP contribution in [0.5, 0.6) is 0 Å². The zero-order valence-electron chi connectivity index (χ0n) is 5.89. The summed E-state index contributed by atoms with van der Waals surface area (Å²) in [6.45, 7) is 4.77. The van der Waals surface area contributed by atoms with E-state index in [0.29, 0.717) is 0 Å². The minimum absolute atomic E-state index is 1.02. The maximum absolute atomic E-state index is 3.45. The van der Waals surface area contributed by atoms with E-state index in [1.54, 1.807) is 0 Å². The Kier molecular flexibility index (Phi) is 4.21. The van der Waals surface area contributed by atoms with Gasteiger partial charge in [-0.3, -0.25) is 9.80 Å². The topological polar surface area (TPSA) is 6.48 Å². The number of hydrogen-bond donors (Lipinski definition) is 0. The monoisotopic (exact) mass is 270 g/mol. The largest absolute Gasteiger partial charge is 0.291 e. The fraction of sp³-hybridized carbons (Fsp3) is 1.00. The van der Waals surface area contributed by atoms with Crippen LogP contribution >= 0.6 is 31.9 Å². The fourth-order valence-corrected chi connectivity index (χ4v) is 2.03. The Morgan fingerprint density at radius 3 is 1.30 bits per heavy atom. The SMILES string of the molecule is BrCN1CCN(CBr)CC1. The van der Waals surface area contributed by atoms with Gasteiger partial charge in [0.1, 0.15) is 0 Å². The summed E-state index contributed by atoms with van der Waals surface area (Å²) < 4.78 is 0. The van der Waals surface area contributed by atoms with Crippen molar-refractivity contribution < 1.29 is 0 Å². The van der Waals surface area contributed by atoms with E-state index < -0.39 is 0 Å². The first-order chi connectivity index (χ1) is 4.86. The lowest BCUT2D eigenvalue weighted by atomic mass is 10.4. The van der Waals surface area contributed by atoms with Crippen LogP contribution < -0.4 is 0 Å². The quantitative estimate of drug-likeness (QED) is 0.552. The molecule has 0 saturated carbocycles. The van der Waals surface area contributed by atoms with Crippen molar-refractivity contribution >= 4 is 31.9 Å². The van der Waals surface area contributed by atoms with Crippen LogP contribution in [0.15, 0.2) is 0 Å². The molecule has 4 heteroatoms. The molecule has 0 aromatic rings. The van der Waals surface area contributed by atoms with E-state index in [-0.39, 0.29) is 0 Å². The molecule has 0 radical (unpaired) electrons. The molecule has 0 aliphatic carbocycles. The maximum Gasteiger partial charge on any atom is 0.0543 e. The van der Waals surface area contributed by atoms with Gasteiger partial charge in [-0.1, -0.05) is 31.9 Å². The minimum Gasteiger partial charge on any atom is -0.291 e. The number of alkyl halides is 2. The van der Waals surface area contributed by atoms with Gasteiger partial charge < -0.3 is 0 Å². The highest BCUT2D eigenvalue weighted by atomic mass is 79.9. The van der Waals surface area contributed by atoms with Crippen molar-refractivity contribution in [1.29, 1.82) is 0 Å². The van der Waals surface area contributed by atoms with Crippen molar-refractivity contribution in [3.63, 3.8) is 0 Å². The van der Waals surface area contributed by atoms with E-state index in [9.17, 15) is 0 Å². The molecule has 0 unspecified atom stereocenters. The van der Waals surface area contributed by atoms with Crippen LogP contribution in [-0.4, -0.2) is 46.9 Å². The second-order valence-electron chi connectivity index (χ2n) is 2.48. The Balaban J connectivity index is 2.17. The van der Waals surface area contributed by atoms with Crippen molar-refractivity contribution in [1.82, 2.24) is 9.80 Å². The Hall–Kier alpha value is 0.880. The van der Waals surface area contributed by atoms with Gasteiger partial charge in [-0.2, -0.15) is 0 Å². The standard InChI is InChI=1S/C6H12Br2N2/c7-5-9-1-2-10(6-8)4-3-9/h1-6H2. The molecule has 60 valence electrons. The summed E-state index contributed by atoms with van der Waals surface area (Å²) in [4.78, 5) is 4.80. The van der Waals surface area contributed by atoms with Crippen LogP contribution in [0.4, 0.5) is 0 Å². The van der Waals surface area contributed by atoms with Gasteiger partial charge in [0, 0.05) is 26.2 Å². The van der Waals surface area contributed by atoms with E-state index in [1.807, 2.05) is 0 Å². The molecule has 0 N–H and O–H groups in total. The molecule has 1 aliphatic heterocycles. The van der Waals surface area contributed by atoms with Gasteiger partial charge in [0.25, 0.3) is 0 Å². The van der Waals surface area contributed by atoms with E-state index in [0.717, 1.165) is 10.9 Å². The first-order valence-electron chi connectivity index (χ1n) is 3.43. The van der Waals surface area contributed by atoms with Gasteiger partial charge in [-0.25, -0.2) is 0 Å². The van der Waals surface area contributed by atoms with Crippen molar-refractivity contribution in [2.45, 2.75) is 0 Å². The van der Waals surface area contributed by atoms with E-state index in [2.05, 4.69) is 41.7 Å². The zero-order chi connectivity index (χ0) is 7.40. The predicted octanol–water partition coefficient (Wildman–Crippen LogP) is 1.31. The highest BCUT2D eigenvalue weighted by Gasteiger charge is 2.13. The molecule has 2 nitrogen and oxygen atoms in total. The van der Waals surface area contributed by atoms with Gasteiger partial charge in [0.05, 0.1) is 10.9 Å². The summed E-state index contributed by atoms with van der Waals surface area (Å²) in [6.07, 6.45) is 0. The number of hydrogen-bond acceptors (Lipinski definition) is 2. The van der Waals surface area contributed by atoms with Crippen LogP contribution in [0.25, 0.3) is 0 Å². The predicted molar refractivity (Wildman–Crippen MR) is 50.7 cm³/mol. The molecule has 0 amide bonds. The Bertz CT molecular complexity index is 79.7. The average Bonchev–Trinajstić information content (AvgIpc) is 2.05. The molecular formula is C6H12Br2N2. The molecule has 1 heterocycles. The van der Waals surface area contributed by atoms with Crippen molar-refractivity contribution in [2.75, 3.05) is 37.1 Å². The first-order valence-corrected chi connectivity index (χ1v) is 5.67. The second kappa shape index (κ2) is 4.70. The fourth-order valence-electron chi connectivity index (χ4n) is 1.03. The molecule has 1 rings (SSSR count). The maximum atomic E-state index is 3.45. The summed E-state index contributed by atoms with van der Waals surface area (Å²) in [5.41, 5.74) is 2.03. The molecule has 0 aromatic heterocycles. The molecule has 0 atom stereocenters. The summed E-state index contributed by atoms with van der Waals surface area (Å²) in [6, 6.07) is 0. The lowest BCUT2D eigenvalue weighted by Gasteiger charge is -2.32. The van der Waals surface area contributed by atoms with Crippen LogP contribution in [-0.2, 0) is 0 Å². The third kappa shape index (κ3) is 2.49. The highest BCUT2D eigenvalue weighted by molar-refractivity contribution is 9.09. The molecule has 1 fully saturated rings. The molecule has 1 aliphatic rings. The lowest BCUT2D eigenvalue weighted by Crippen LogP contribution is -2.44. The summed E-state index contributed by atoms with van der Waals surface area (Å²) >= 11 is 6.90. The van der Waals surface area contributed by atoms with Crippen LogP contribution in [0, 0.1) is 0 Å². The van der Waals surface area contributed by atoms with Crippen LogP contribution in [0.2, 0.25) is 0 Å². The Labute approximate surface area is 78.8 Å². The average molecular weight is 272 g/mol. The van der Waals surface area contributed by atoms with Crippen molar-refractivity contribution in [3.8, 4) is 0 Å². The van der Waals surface area contributed by atoms with Crippen LogP contribution in [0.3, 0.4) is 0 Å². The zero-order valence-corrected chi connectivity index (χ0v) is 9.06. The van der Waals surface area contributed by atoms with E-state index in [4.69, 9.17) is 0 Å². The van der Waals surface area contributed by atoms with Gasteiger partial charge in [-0.15, -0.1) is 0 Å². The third-order valence-corrected chi connectivity index (χ3v) is 3.22. The molecular weight excluding hydrogens is 260 g/mol. The van der Waals surface area contributed by atoms with Gasteiger partial charge in [0.2, 0.25) is 0 Å². The van der Waals surface area contributed by atoms with E-state index in [1.165, 1.54) is 26.2 Å². The first kappa shape index (κ1) is 8.97. The van der Waals surface area contributed by atoms with E-state index >= 15 is 0 Å². The number of piperazine rings is 1. The highest BCUT2D eigenvalue weighted by Crippen LogP contribution is 2.03. The smallest absolute Gasteiger partial charge is 0.0543 e. The van der Waals surface area contributed by atoms with Crippen LogP contribution in [0.1, 0.15) is 0 Å². The number of nitrogens with zero attached hydrogens (tertiary/aromatic N) is 2. The number of rotatable bonds is 2. The van der Waals surface area contributed by atoms with Crippen molar-refractivity contribution in [2.24, 2.45) is 0 Å². The molecule has 0 aromatic carbocycles. The third-order valence-electron chi connectivity index (χ3n) is 1.80. The molecule has 1 saturated heterocycles. The van der Waals surface area contributed by atoms with Gasteiger partial charge in [-0.05, 0) is 0 Å². The molecule has 0 spiro atoms. The Morgan fingerprint density at radius 1 is 0.800 bits per heavy atom. The summed E-state index contributed by atoms with van der Waals surface area (Å²) in [7, 11) is 0.